The van der Waals surface area contributed by atoms with Crippen molar-refractivity contribution in [3.63, 3.8) is 0 Å². The first-order valence-corrected chi connectivity index (χ1v) is 18.1. The van der Waals surface area contributed by atoms with Crippen LogP contribution in [0.15, 0.2) is 97.1 Å². The molecule has 4 rings (SSSR count). The van der Waals surface area contributed by atoms with Crippen molar-refractivity contribution in [2.45, 2.75) is 129 Å². The standard InChI is InChI=1S/C44H58/c1-3-5-7-9-11-13-15-17-37-19-23-39(24-20-37)35-41-27-31-43(32-28-41)44-33-29-42(30-34-44)36-40-25-21-38(22-26-40)18-16-14-12-10-8-6-4-2/h19-34H,3-18,35-36H2,1-2H3. The highest BCUT2D eigenvalue weighted by Gasteiger charge is 2.03. The van der Waals surface area contributed by atoms with Gasteiger partial charge in [0.05, 0.1) is 0 Å². The van der Waals surface area contributed by atoms with Crippen molar-refractivity contribution in [1.82, 2.24) is 0 Å². The molecule has 44 heavy (non-hydrogen) atoms. The molecule has 0 aliphatic rings. The smallest absolute Gasteiger partial charge is 0.00258 e. The Labute approximate surface area is 270 Å². The molecule has 4 aromatic rings. The predicted molar refractivity (Wildman–Crippen MR) is 194 cm³/mol. The van der Waals surface area contributed by atoms with Gasteiger partial charge in [-0.25, -0.2) is 0 Å². The van der Waals surface area contributed by atoms with Crippen LogP contribution in [0.5, 0.6) is 0 Å². The molecule has 0 saturated heterocycles. The molecule has 0 fully saturated rings. The summed E-state index contributed by atoms with van der Waals surface area (Å²) >= 11 is 0. The van der Waals surface area contributed by atoms with Gasteiger partial charge in [0, 0.05) is 0 Å². The lowest BCUT2D eigenvalue weighted by atomic mass is 9.97. The van der Waals surface area contributed by atoms with Gasteiger partial charge in [0.25, 0.3) is 0 Å². The van der Waals surface area contributed by atoms with Gasteiger partial charge in [-0.05, 0) is 83.0 Å². The van der Waals surface area contributed by atoms with E-state index in [1.165, 1.54) is 147 Å². The molecule has 0 spiro atoms. The lowest BCUT2D eigenvalue weighted by Gasteiger charge is -2.08. The quantitative estimate of drug-likeness (QED) is 0.0852. The zero-order valence-corrected chi connectivity index (χ0v) is 28.0. The number of rotatable bonds is 21. The van der Waals surface area contributed by atoms with Crippen LogP contribution in [0.3, 0.4) is 0 Å². The summed E-state index contributed by atoms with van der Waals surface area (Å²) < 4.78 is 0. The van der Waals surface area contributed by atoms with Gasteiger partial charge in [0.15, 0.2) is 0 Å². The van der Waals surface area contributed by atoms with Crippen LogP contribution < -0.4 is 0 Å². The summed E-state index contributed by atoms with van der Waals surface area (Å²) in [6.45, 7) is 4.58. The molecule has 0 radical (unpaired) electrons. The van der Waals surface area contributed by atoms with Crippen molar-refractivity contribution in [2.24, 2.45) is 0 Å². The molecule has 0 bridgehead atoms. The van der Waals surface area contributed by atoms with E-state index in [-0.39, 0.29) is 0 Å². The van der Waals surface area contributed by atoms with E-state index in [0.29, 0.717) is 0 Å². The Morgan fingerprint density at radius 1 is 0.273 bits per heavy atom. The summed E-state index contributed by atoms with van der Waals surface area (Å²) in [5, 5.41) is 0. The first-order valence-electron chi connectivity index (χ1n) is 18.1. The lowest BCUT2D eigenvalue weighted by Crippen LogP contribution is -1.92. The highest BCUT2D eigenvalue weighted by Crippen LogP contribution is 2.23. The van der Waals surface area contributed by atoms with Crippen molar-refractivity contribution >= 4 is 0 Å². The van der Waals surface area contributed by atoms with E-state index >= 15 is 0 Å². The van der Waals surface area contributed by atoms with Gasteiger partial charge in [0.2, 0.25) is 0 Å². The summed E-state index contributed by atoms with van der Waals surface area (Å²) in [6.07, 6.45) is 23.7. The molecule has 0 amide bonds. The number of aryl methyl sites for hydroxylation is 2. The maximum absolute atomic E-state index is 2.34. The predicted octanol–water partition coefficient (Wildman–Crippen LogP) is 13.1. The fourth-order valence-electron chi connectivity index (χ4n) is 6.32. The Kier molecular flexibility index (Phi) is 15.4. The van der Waals surface area contributed by atoms with Crippen molar-refractivity contribution in [1.29, 1.82) is 0 Å². The normalized spacial score (nSPS) is 11.2. The second-order valence-corrected chi connectivity index (χ2v) is 13.1. The maximum atomic E-state index is 2.34. The van der Waals surface area contributed by atoms with Crippen molar-refractivity contribution in [3.8, 4) is 11.1 Å². The first kappa shape index (κ1) is 33.8. The molecular weight excluding hydrogens is 528 g/mol. The van der Waals surface area contributed by atoms with E-state index in [4.69, 9.17) is 0 Å². The summed E-state index contributed by atoms with van der Waals surface area (Å²) in [7, 11) is 0. The molecule has 234 valence electrons. The second kappa shape index (κ2) is 20.0. The molecule has 0 heteroatoms. The van der Waals surface area contributed by atoms with Gasteiger partial charge < -0.3 is 0 Å². The van der Waals surface area contributed by atoms with Crippen LogP contribution in [0, 0.1) is 0 Å². The summed E-state index contributed by atoms with van der Waals surface area (Å²) in [5.74, 6) is 0. The van der Waals surface area contributed by atoms with Crippen LogP contribution >= 0.6 is 0 Å². The third-order valence-electron chi connectivity index (χ3n) is 9.24. The van der Waals surface area contributed by atoms with E-state index in [9.17, 15) is 0 Å². The van der Waals surface area contributed by atoms with Crippen LogP contribution in [-0.2, 0) is 25.7 Å². The van der Waals surface area contributed by atoms with Gasteiger partial charge >= 0.3 is 0 Å². The average Bonchev–Trinajstić information content (AvgIpc) is 3.06. The zero-order valence-electron chi connectivity index (χ0n) is 28.0. The highest BCUT2D eigenvalue weighted by atomic mass is 14.1. The number of benzene rings is 4. The Hall–Kier alpha value is -3.12. The third kappa shape index (κ3) is 12.5. The topological polar surface area (TPSA) is 0 Å². The molecule has 0 aliphatic carbocycles. The molecule has 0 heterocycles. The van der Waals surface area contributed by atoms with E-state index < -0.39 is 0 Å². The van der Waals surface area contributed by atoms with Crippen LogP contribution in [-0.4, -0.2) is 0 Å². The number of hydrogen-bond donors (Lipinski definition) is 0. The van der Waals surface area contributed by atoms with E-state index in [0.717, 1.165) is 12.8 Å². The van der Waals surface area contributed by atoms with Crippen LogP contribution in [0.2, 0.25) is 0 Å². The zero-order chi connectivity index (χ0) is 30.7. The number of hydrogen-bond acceptors (Lipinski definition) is 0. The minimum Gasteiger partial charge on any atom is -0.0654 e. The van der Waals surface area contributed by atoms with Crippen LogP contribution in [0.4, 0.5) is 0 Å². The molecule has 0 atom stereocenters. The van der Waals surface area contributed by atoms with Gasteiger partial charge in [-0.1, -0.05) is 188 Å². The third-order valence-corrected chi connectivity index (χ3v) is 9.24. The average molecular weight is 587 g/mol. The number of unbranched alkanes of at least 4 members (excludes halogenated alkanes) is 12. The lowest BCUT2D eigenvalue weighted by molar-refractivity contribution is 0.589. The molecule has 0 saturated carbocycles. The first-order chi connectivity index (χ1) is 21.7. The Balaban J connectivity index is 1.17. The van der Waals surface area contributed by atoms with Crippen molar-refractivity contribution in [3.05, 3.63) is 130 Å². The molecule has 0 unspecified atom stereocenters. The highest BCUT2D eigenvalue weighted by molar-refractivity contribution is 5.64. The Morgan fingerprint density at radius 3 is 0.841 bits per heavy atom. The minimum absolute atomic E-state index is 0.995. The minimum atomic E-state index is 0.995. The van der Waals surface area contributed by atoms with Gasteiger partial charge in [-0.15, -0.1) is 0 Å². The Morgan fingerprint density at radius 2 is 0.523 bits per heavy atom. The summed E-state index contributed by atoms with van der Waals surface area (Å²) in [6, 6.07) is 37.0. The van der Waals surface area contributed by atoms with Crippen LogP contribution in [0.1, 0.15) is 137 Å². The van der Waals surface area contributed by atoms with E-state index in [2.05, 4.69) is 111 Å². The monoisotopic (exact) mass is 586 g/mol. The molecule has 0 nitrogen and oxygen atoms in total. The van der Waals surface area contributed by atoms with Crippen molar-refractivity contribution < 1.29 is 0 Å². The fourth-order valence-corrected chi connectivity index (χ4v) is 6.32. The molecular formula is C44H58. The van der Waals surface area contributed by atoms with E-state index in [1.807, 2.05) is 0 Å². The van der Waals surface area contributed by atoms with Gasteiger partial charge in [-0.2, -0.15) is 0 Å². The molecule has 0 N–H and O–H groups in total. The SMILES string of the molecule is CCCCCCCCCc1ccc(Cc2ccc(-c3ccc(Cc4ccc(CCCCCCCCC)cc4)cc3)cc2)cc1. The van der Waals surface area contributed by atoms with Gasteiger partial charge in [0.1, 0.15) is 0 Å². The Bertz CT molecular complexity index is 1170. The maximum Gasteiger partial charge on any atom is -0.00258 e. The molecule has 0 aromatic heterocycles. The molecule has 4 aromatic carbocycles. The van der Waals surface area contributed by atoms with Crippen LogP contribution in [0.25, 0.3) is 11.1 Å². The summed E-state index contributed by atoms with van der Waals surface area (Å²) in [4.78, 5) is 0. The van der Waals surface area contributed by atoms with E-state index in [1.54, 1.807) is 0 Å². The van der Waals surface area contributed by atoms with Gasteiger partial charge in [-0.3, -0.25) is 0 Å². The summed E-state index contributed by atoms with van der Waals surface area (Å²) in [5.41, 5.74) is 11.1. The molecule has 0 aliphatic heterocycles. The fraction of sp³-hybridized carbons (Fsp3) is 0.455. The van der Waals surface area contributed by atoms with Crippen molar-refractivity contribution in [2.75, 3.05) is 0 Å². The largest absolute Gasteiger partial charge is 0.0654 e. The second-order valence-electron chi connectivity index (χ2n) is 13.1.